The van der Waals surface area contributed by atoms with E-state index in [1.54, 1.807) is 42.5 Å². The standard InChI is InChI=1S/C21H26N4O4S2/c1-14-11-25(31(4,27)28)6-5-24(14)12-17-8-18-20(30-17)19(13-23(2)21(18)26)15-7-16(29-3)10-22-9-15/h7-10,13-14H,5-6,11-12H2,1-4H3. The molecule has 1 saturated heterocycles. The van der Waals surface area contributed by atoms with Crippen LogP contribution in [0.2, 0.25) is 0 Å². The van der Waals surface area contributed by atoms with Gasteiger partial charge >= 0.3 is 0 Å². The van der Waals surface area contributed by atoms with Crippen LogP contribution in [0.3, 0.4) is 0 Å². The van der Waals surface area contributed by atoms with E-state index < -0.39 is 10.0 Å². The van der Waals surface area contributed by atoms with Gasteiger partial charge in [0.2, 0.25) is 10.0 Å². The largest absolute Gasteiger partial charge is 0.495 e. The fourth-order valence-electron chi connectivity index (χ4n) is 3.96. The van der Waals surface area contributed by atoms with Crippen LogP contribution in [0.5, 0.6) is 5.75 Å². The second-order valence-corrected chi connectivity index (χ2v) is 11.1. The van der Waals surface area contributed by atoms with Crippen molar-refractivity contribution in [3.8, 4) is 16.9 Å². The van der Waals surface area contributed by atoms with Crippen molar-refractivity contribution in [2.45, 2.75) is 19.5 Å². The molecule has 4 heterocycles. The molecule has 4 rings (SSSR count). The van der Waals surface area contributed by atoms with Crippen LogP contribution in [-0.4, -0.2) is 66.2 Å². The van der Waals surface area contributed by atoms with E-state index in [1.807, 2.05) is 25.3 Å². The number of piperazine rings is 1. The molecule has 0 aliphatic carbocycles. The predicted octanol–water partition coefficient (Wildman–Crippen LogP) is 2.14. The highest BCUT2D eigenvalue weighted by Gasteiger charge is 2.29. The molecule has 0 amide bonds. The van der Waals surface area contributed by atoms with E-state index in [0.29, 0.717) is 37.3 Å². The number of methoxy groups -OCH3 is 1. The van der Waals surface area contributed by atoms with Crippen molar-refractivity contribution < 1.29 is 13.2 Å². The van der Waals surface area contributed by atoms with Gasteiger partial charge in [0.15, 0.2) is 0 Å². The molecular formula is C21H26N4O4S2. The molecule has 31 heavy (non-hydrogen) atoms. The summed E-state index contributed by atoms with van der Waals surface area (Å²) in [6, 6.07) is 3.98. The molecule has 1 atom stereocenters. The van der Waals surface area contributed by atoms with Crippen molar-refractivity contribution >= 4 is 31.4 Å². The van der Waals surface area contributed by atoms with Gasteiger partial charge in [0.1, 0.15) is 5.75 Å². The molecule has 1 fully saturated rings. The molecule has 1 aliphatic heterocycles. The van der Waals surface area contributed by atoms with Gasteiger partial charge in [0.05, 0.1) is 24.9 Å². The molecule has 0 spiro atoms. The van der Waals surface area contributed by atoms with Gasteiger partial charge in [0.25, 0.3) is 5.56 Å². The minimum Gasteiger partial charge on any atom is -0.495 e. The lowest BCUT2D eigenvalue weighted by atomic mass is 10.1. The average molecular weight is 463 g/mol. The van der Waals surface area contributed by atoms with Gasteiger partial charge in [-0.25, -0.2) is 8.42 Å². The lowest BCUT2D eigenvalue weighted by Crippen LogP contribution is -2.52. The Kier molecular flexibility index (Phi) is 5.91. The van der Waals surface area contributed by atoms with E-state index in [4.69, 9.17) is 4.74 Å². The summed E-state index contributed by atoms with van der Waals surface area (Å²) in [5.74, 6) is 0.661. The minimum atomic E-state index is -3.18. The highest BCUT2D eigenvalue weighted by atomic mass is 32.2. The molecule has 3 aromatic heterocycles. The first-order valence-corrected chi connectivity index (χ1v) is 12.6. The maximum Gasteiger partial charge on any atom is 0.259 e. The summed E-state index contributed by atoms with van der Waals surface area (Å²) < 4.78 is 33.1. The number of pyridine rings is 2. The Balaban J connectivity index is 1.68. The van der Waals surface area contributed by atoms with E-state index in [0.717, 1.165) is 20.7 Å². The molecule has 0 saturated carbocycles. The lowest BCUT2D eigenvalue weighted by Gasteiger charge is -2.38. The van der Waals surface area contributed by atoms with Crippen molar-refractivity contribution in [3.63, 3.8) is 0 Å². The number of aryl methyl sites for hydroxylation is 1. The number of hydrogen-bond donors (Lipinski definition) is 0. The van der Waals surface area contributed by atoms with Gasteiger partial charge in [-0.15, -0.1) is 11.3 Å². The Hall–Kier alpha value is -2.27. The van der Waals surface area contributed by atoms with Gasteiger partial charge in [-0.3, -0.25) is 14.7 Å². The third kappa shape index (κ3) is 4.38. The number of ether oxygens (including phenoxy) is 1. The summed E-state index contributed by atoms with van der Waals surface area (Å²) >= 11 is 1.60. The molecule has 0 aromatic carbocycles. The summed E-state index contributed by atoms with van der Waals surface area (Å²) in [6.45, 7) is 4.34. The molecule has 3 aromatic rings. The van der Waals surface area contributed by atoms with E-state index in [-0.39, 0.29) is 11.6 Å². The molecule has 166 valence electrons. The first-order valence-electron chi connectivity index (χ1n) is 9.98. The number of nitrogens with zero attached hydrogens (tertiary/aromatic N) is 4. The molecular weight excluding hydrogens is 436 g/mol. The first kappa shape index (κ1) is 21.9. The van der Waals surface area contributed by atoms with E-state index >= 15 is 0 Å². The zero-order valence-corrected chi connectivity index (χ0v) is 19.7. The maximum atomic E-state index is 12.8. The number of fused-ring (bicyclic) bond motifs is 1. The Labute approximate surface area is 185 Å². The third-order valence-corrected chi connectivity index (χ3v) is 8.14. The first-order chi connectivity index (χ1) is 14.7. The number of aromatic nitrogens is 2. The zero-order valence-electron chi connectivity index (χ0n) is 18.0. The zero-order chi connectivity index (χ0) is 22.3. The molecule has 0 N–H and O–H groups in total. The highest BCUT2D eigenvalue weighted by Crippen LogP contribution is 2.35. The van der Waals surface area contributed by atoms with Crippen LogP contribution < -0.4 is 10.3 Å². The van der Waals surface area contributed by atoms with Gasteiger partial charge in [-0.2, -0.15) is 4.31 Å². The van der Waals surface area contributed by atoms with Crippen LogP contribution in [-0.2, 0) is 23.6 Å². The van der Waals surface area contributed by atoms with Crippen LogP contribution in [0.15, 0.2) is 35.5 Å². The lowest BCUT2D eigenvalue weighted by molar-refractivity contribution is 0.123. The molecule has 0 bridgehead atoms. The Morgan fingerprint density at radius 1 is 1.26 bits per heavy atom. The highest BCUT2D eigenvalue weighted by molar-refractivity contribution is 7.88. The molecule has 0 radical (unpaired) electrons. The van der Waals surface area contributed by atoms with Crippen LogP contribution in [0.4, 0.5) is 0 Å². The number of sulfonamides is 1. The quantitative estimate of drug-likeness (QED) is 0.578. The summed E-state index contributed by atoms with van der Waals surface area (Å²) in [4.78, 5) is 20.4. The monoisotopic (exact) mass is 462 g/mol. The fraction of sp³-hybridized carbons (Fsp3) is 0.429. The van der Waals surface area contributed by atoms with Crippen molar-refractivity contribution in [1.29, 1.82) is 0 Å². The summed E-state index contributed by atoms with van der Waals surface area (Å²) in [6.07, 6.45) is 6.52. The van der Waals surface area contributed by atoms with Gasteiger partial charge in [-0.05, 0) is 19.1 Å². The van der Waals surface area contributed by atoms with Crippen LogP contribution in [0.1, 0.15) is 11.8 Å². The van der Waals surface area contributed by atoms with E-state index in [9.17, 15) is 13.2 Å². The number of thiophene rings is 1. The topological polar surface area (TPSA) is 84.7 Å². The minimum absolute atomic E-state index is 0.0351. The van der Waals surface area contributed by atoms with Gasteiger partial charge in [-0.1, -0.05) is 0 Å². The smallest absolute Gasteiger partial charge is 0.259 e. The molecule has 10 heteroatoms. The summed E-state index contributed by atoms with van der Waals surface area (Å²) in [5.41, 5.74) is 1.80. The van der Waals surface area contributed by atoms with Crippen LogP contribution in [0.25, 0.3) is 21.2 Å². The van der Waals surface area contributed by atoms with Crippen LogP contribution in [0, 0.1) is 0 Å². The van der Waals surface area contributed by atoms with Crippen LogP contribution >= 0.6 is 11.3 Å². The molecule has 1 aliphatic rings. The van der Waals surface area contributed by atoms with Crippen molar-refractivity contribution in [2.75, 3.05) is 33.0 Å². The molecule has 8 nitrogen and oxygen atoms in total. The Morgan fingerprint density at radius 3 is 2.71 bits per heavy atom. The van der Waals surface area contributed by atoms with Crippen molar-refractivity contribution in [2.24, 2.45) is 7.05 Å². The Morgan fingerprint density at radius 2 is 2.03 bits per heavy atom. The normalized spacial score (nSPS) is 18.5. The fourth-order valence-corrected chi connectivity index (χ4v) is 6.07. The third-order valence-electron chi connectivity index (χ3n) is 5.72. The number of rotatable bonds is 5. The summed E-state index contributed by atoms with van der Waals surface area (Å²) in [5, 5.41) is 0.685. The number of hydrogen-bond acceptors (Lipinski definition) is 7. The van der Waals surface area contributed by atoms with E-state index in [1.165, 1.54) is 10.6 Å². The van der Waals surface area contributed by atoms with Crippen molar-refractivity contribution in [1.82, 2.24) is 18.8 Å². The van der Waals surface area contributed by atoms with E-state index in [2.05, 4.69) is 9.88 Å². The second-order valence-electron chi connectivity index (χ2n) is 7.97. The van der Waals surface area contributed by atoms with Gasteiger partial charge < -0.3 is 9.30 Å². The van der Waals surface area contributed by atoms with Crippen molar-refractivity contribution in [3.05, 3.63) is 46.0 Å². The predicted molar refractivity (Wildman–Crippen MR) is 123 cm³/mol. The second kappa shape index (κ2) is 8.34. The average Bonchev–Trinajstić information content (AvgIpc) is 3.15. The SMILES string of the molecule is COc1cncc(-c2cn(C)c(=O)c3cc(CN4CCN(S(C)(=O)=O)CC4C)sc23)c1. The summed E-state index contributed by atoms with van der Waals surface area (Å²) in [7, 11) is 0.176. The molecule has 1 unspecified atom stereocenters. The Bertz CT molecular complexity index is 1280. The van der Waals surface area contributed by atoms with Gasteiger partial charge in [0, 0.05) is 72.4 Å². The maximum absolute atomic E-state index is 12.8.